The van der Waals surface area contributed by atoms with E-state index in [4.69, 9.17) is 13.9 Å². The molecule has 0 aliphatic carbocycles. The summed E-state index contributed by atoms with van der Waals surface area (Å²) in [4.78, 5) is 28.8. The standard InChI is InChI=1S/C21H29N3O5/c1-15-17-13-16(28-3)5-6-18(17)29-20(15)21(26)24-10-8-23(9-11-24)14-19(25)22-7-4-12-27-2/h5-6,13H,4,7-12,14H2,1-3H3,(H,22,25). The van der Waals surface area contributed by atoms with Crippen LogP contribution in [0.25, 0.3) is 11.0 Å². The summed E-state index contributed by atoms with van der Waals surface area (Å²) in [7, 11) is 3.26. The average Bonchev–Trinajstić information content (AvgIpc) is 3.07. The summed E-state index contributed by atoms with van der Waals surface area (Å²) in [5, 5.41) is 3.78. The van der Waals surface area contributed by atoms with E-state index in [0.29, 0.717) is 57.2 Å². The van der Waals surface area contributed by atoms with Gasteiger partial charge in [0.05, 0.1) is 13.7 Å². The number of furan rings is 1. The molecule has 0 spiro atoms. The number of carbonyl (C=O) groups excluding carboxylic acids is 2. The van der Waals surface area contributed by atoms with Gasteiger partial charge in [-0.15, -0.1) is 0 Å². The van der Waals surface area contributed by atoms with Crippen molar-refractivity contribution in [3.05, 3.63) is 29.5 Å². The molecule has 2 aromatic rings. The SMILES string of the molecule is COCCCNC(=O)CN1CCN(C(=O)c2oc3ccc(OC)cc3c2C)CC1. The van der Waals surface area contributed by atoms with Crippen LogP contribution in [0.3, 0.4) is 0 Å². The van der Waals surface area contributed by atoms with Gasteiger partial charge in [-0.1, -0.05) is 0 Å². The summed E-state index contributed by atoms with van der Waals surface area (Å²) < 4.78 is 16.1. The van der Waals surface area contributed by atoms with Crippen molar-refractivity contribution in [2.45, 2.75) is 13.3 Å². The number of ether oxygens (including phenoxy) is 2. The average molecular weight is 403 g/mol. The molecule has 3 rings (SSSR count). The maximum absolute atomic E-state index is 13.0. The first-order valence-electron chi connectivity index (χ1n) is 9.88. The van der Waals surface area contributed by atoms with Crippen molar-refractivity contribution in [2.24, 2.45) is 0 Å². The lowest BCUT2D eigenvalue weighted by Gasteiger charge is -2.33. The zero-order valence-electron chi connectivity index (χ0n) is 17.3. The van der Waals surface area contributed by atoms with Crippen molar-refractivity contribution in [3.63, 3.8) is 0 Å². The topological polar surface area (TPSA) is 84.3 Å². The minimum Gasteiger partial charge on any atom is -0.497 e. The molecule has 0 saturated carbocycles. The van der Waals surface area contributed by atoms with Crippen molar-refractivity contribution < 1.29 is 23.5 Å². The predicted molar refractivity (Wildman–Crippen MR) is 109 cm³/mol. The van der Waals surface area contributed by atoms with Gasteiger partial charge in [-0.25, -0.2) is 0 Å². The van der Waals surface area contributed by atoms with E-state index in [1.165, 1.54) is 0 Å². The van der Waals surface area contributed by atoms with Gasteiger partial charge in [-0.2, -0.15) is 0 Å². The minimum atomic E-state index is -0.110. The van der Waals surface area contributed by atoms with Gasteiger partial charge in [0.15, 0.2) is 5.76 Å². The lowest BCUT2D eigenvalue weighted by molar-refractivity contribution is -0.122. The minimum absolute atomic E-state index is 0.00274. The number of hydrogen-bond donors (Lipinski definition) is 1. The fourth-order valence-electron chi connectivity index (χ4n) is 3.49. The van der Waals surface area contributed by atoms with Crippen LogP contribution in [0.5, 0.6) is 5.75 Å². The Morgan fingerprint density at radius 3 is 2.62 bits per heavy atom. The number of nitrogens with one attached hydrogen (secondary N) is 1. The van der Waals surface area contributed by atoms with Crippen molar-refractivity contribution in [3.8, 4) is 5.75 Å². The number of fused-ring (bicyclic) bond motifs is 1. The number of carbonyl (C=O) groups is 2. The second kappa shape index (κ2) is 9.76. The number of hydrogen-bond acceptors (Lipinski definition) is 6. The van der Waals surface area contributed by atoms with E-state index in [-0.39, 0.29) is 11.8 Å². The molecule has 158 valence electrons. The van der Waals surface area contributed by atoms with Crippen molar-refractivity contribution in [1.29, 1.82) is 0 Å². The number of amides is 2. The Morgan fingerprint density at radius 1 is 1.17 bits per heavy atom. The highest BCUT2D eigenvalue weighted by atomic mass is 16.5. The molecule has 2 heterocycles. The van der Waals surface area contributed by atoms with Gasteiger partial charge in [0.25, 0.3) is 5.91 Å². The second-order valence-electron chi connectivity index (χ2n) is 7.18. The van der Waals surface area contributed by atoms with E-state index in [9.17, 15) is 9.59 Å². The summed E-state index contributed by atoms with van der Waals surface area (Å²) in [6, 6.07) is 5.52. The highest BCUT2D eigenvalue weighted by molar-refractivity contribution is 5.99. The van der Waals surface area contributed by atoms with Crippen molar-refractivity contribution >= 4 is 22.8 Å². The van der Waals surface area contributed by atoms with Crippen LogP contribution in [0.1, 0.15) is 22.5 Å². The lowest BCUT2D eigenvalue weighted by Crippen LogP contribution is -2.51. The zero-order chi connectivity index (χ0) is 20.8. The fraction of sp³-hybridized carbons (Fsp3) is 0.524. The molecule has 0 atom stereocenters. The molecule has 0 bridgehead atoms. The van der Waals surface area contributed by atoms with Crippen LogP contribution in [0, 0.1) is 6.92 Å². The Labute approximate surface area is 170 Å². The second-order valence-corrected chi connectivity index (χ2v) is 7.18. The zero-order valence-corrected chi connectivity index (χ0v) is 17.3. The molecule has 0 unspecified atom stereocenters. The summed E-state index contributed by atoms with van der Waals surface area (Å²) in [5.41, 5.74) is 1.50. The fourth-order valence-corrected chi connectivity index (χ4v) is 3.49. The van der Waals surface area contributed by atoms with Crippen LogP contribution >= 0.6 is 0 Å². The number of benzene rings is 1. The van der Waals surface area contributed by atoms with E-state index in [2.05, 4.69) is 10.2 Å². The molecule has 1 N–H and O–H groups in total. The van der Waals surface area contributed by atoms with Gasteiger partial charge in [0.1, 0.15) is 11.3 Å². The molecule has 8 heteroatoms. The number of rotatable bonds is 8. The molecular formula is C21H29N3O5. The van der Waals surface area contributed by atoms with Crippen LogP contribution < -0.4 is 10.1 Å². The normalized spacial score (nSPS) is 14.9. The van der Waals surface area contributed by atoms with E-state index in [1.807, 2.05) is 25.1 Å². The van der Waals surface area contributed by atoms with E-state index >= 15 is 0 Å². The molecule has 1 fully saturated rings. The monoisotopic (exact) mass is 403 g/mol. The Balaban J connectivity index is 1.54. The van der Waals surface area contributed by atoms with Gasteiger partial charge in [-0.3, -0.25) is 14.5 Å². The smallest absolute Gasteiger partial charge is 0.289 e. The van der Waals surface area contributed by atoms with E-state index in [1.54, 1.807) is 19.1 Å². The van der Waals surface area contributed by atoms with Crippen LogP contribution in [0.2, 0.25) is 0 Å². The molecule has 1 saturated heterocycles. The third-order valence-electron chi connectivity index (χ3n) is 5.21. The summed E-state index contributed by atoms with van der Waals surface area (Å²) in [6.45, 7) is 5.93. The first-order chi connectivity index (χ1) is 14.0. The molecule has 1 aliphatic rings. The van der Waals surface area contributed by atoms with Crippen molar-refractivity contribution in [1.82, 2.24) is 15.1 Å². The lowest BCUT2D eigenvalue weighted by atomic mass is 10.1. The summed E-state index contributed by atoms with van der Waals surface area (Å²) in [5.74, 6) is 0.997. The molecule has 1 aromatic heterocycles. The van der Waals surface area contributed by atoms with Crippen molar-refractivity contribution in [2.75, 3.05) is 60.1 Å². The van der Waals surface area contributed by atoms with Crippen LogP contribution in [0.4, 0.5) is 0 Å². The quantitative estimate of drug-likeness (QED) is 0.675. The Hall–Kier alpha value is -2.58. The van der Waals surface area contributed by atoms with Gasteiger partial charge >= 0.3 is 0 Å². The molecular weight excluding hydrogens is 374 g/mol. The Bertz CT molecular complexity index is 855. The highest BCUT2D eigenvalue weighted by Gasteiger charge is 2.27. The molecule has 29 heavy (non-hydrogen) atoms. The number of methoxy groups -OCH3 is 2. The number of piperazine rings is 1. The molecule has 1 aliphatic heterocycles. The van der Waals surface area contributed by atoms with Gasteiger partial charge in [-0.05, 0) is 31.5 Å². The first kappa shape index (κ1) is 21.1. The van der Waals surface area contributed by atoms with Crippen LogP contribution in [0.15, 0.2) is 22.6 Å². The summed E-state index contributed by atoms with van der Waals surface area (Å²) >= 11 is 0. The predicted octanol–water partition coefficient (Wildman–Crippen LogP) is 1.66. The number of aryl methyl sites for hydroxylation is 1. The van der Waals surface area contributed by atoms with E-state index in [0.717, 1.165) is 23.1 Å². The Kier molecular flexibility index (Phi) is 7.11. The Morgan fingerprint density at radius 2 is 1.93 bits per heavy atom. The highest BCUT2D eigenvalue weighted by Crippen LogP contribution is 2.29. The number of nitrogens with zero attached hydrogens (tertiary/aromatic N) is 2. The molecule has 0 radical (unpaired) electrons. The maximum atomic E-state index is 13.0. The van der Waals surface area contributed by atoms with E-state index < -0.39 is 0 Å². The van der Waals surface area contributed by atoms with Gasteiger partial charge in [0, 0.05) is 57.4 Å². The van der Waals surface area contributed by atoms with Gasteiger partial charge in [0.2, 0.25) is 5.91 Å². The maximum Gasteiger partial charge on any atom is 0.289 e. The van der Waals surface area contributed by atoms with Crippen LogP contribution in [-0.4, -0.2) is 81.7 Å². The molecule has 8 nitrogen and oxygen atoms in total. The van der Waals surface area contributed by atoms with Gasteiger partial charge < -0.3 is 24.1 Å². The summed E-state index contributed by atoms with van der Waals surface area (Å²) in [6.07, 6.45) is 0.799. The van der Waals surface area contributed by atoms with Crippen LogP contribution in [-0.2, 0) is 9.53 Å². The first-order valence-corrected chi connectivity index (χ1v) is 9.88. The third kappa shape index (κ3) is 5.07. The molecule has 2 amide bonds. The molecule has 1 aromatic carbocycles. The third-order valence-corrected chi connectivity index (χ3v) is 5.21. The largest absolute Gasteiger partial charge is 0.497 e.